The standard InChI is InChI=1S/C45H68OS2/c1-8-10-12-13-14-15-16-17-18-19-20-21-28-33-39-42(46-34-11-9-2)41(47-37-29-24-22-25-30-37)35-40(45(6,7)36-44(3,4)5)43(39)48-38-31-26-23-27-32-38/h22-27,29-32,35H,8-21,28,33-34,36H2,1-7H3. The maximum absolute atomic E-state index is 6.86. The third kappa shape index (κ3) is 15.0. The molecule has 266 valence electrons. The fourth-order valence-corrected chi connectivity index (χ4v) is 9.33. The molecule has 3 rings (SSSR count). The molecule has 0 fully saturated rings. The highest BCUT2D eigenvalue weighted by molar-refractivity contribution is 8.00. The first kappa shape index (κ1) is 40.6. The zero-order chi connectivity index (χ0) is 34.7. The van der Waals surface area contributed by atoms with E-state index in [1.54, 1.807) is 0 Å². The lowest BCUT2D eigenvalue weighted by molar-refractivity contribution is 0.277. The van der Waals surface area contributed by atoms with E-state index in [1.807, 2.05) is 23.5 Å². The molecule has 0 saturated heterocycles. The van der Waals surface area contributed by atoms with Gasteiger partial charge in [0.1, 0.15) is 5.75 Å². The van der Waals surface area contributed by atoms with E-state index in [0.717, 1.165) is 38.0 Å². The van der Waals surface area contributed by atoms with Crippen LogP contribution in [0.3, 0.4) is 0 Å². The Balaban J connectivity index is 1.90. The topological polar surface area (TPSA) is 9.23 Å². The van der Waals surface area contributed by atoms with Crippen molar-refractivity contribution >= 4 is 23.5 Å². The number of hydrogen-bond acceptors (Lipinski definition) is 3. The van der Waals surface area contributed by atoms with Crippen molar-refractivity contribution in [1.82, 2.24) is 0 Å². The Kier molecular flexibility index (Phi) is 18.7. The second kappa shape index (κ2) is 22.1. The van der Waals surface area contributed by atoms with Crippen molar-refractivity contribution in [1.29, 1.82) is 0 Å². The molecule has 0 atom stereocenters. The van der Waals surface area contributed by atoms with Gasteiger partial charge in [-0.05, 0) is 72.4 Å². The van der Waals surface area contributed by atoms with Crippen molar-refractivity contribution in [2.24, 2.45) is 5.41 Å². The third-order valence-electron chi connectivity index (χ3n) is 9.20. The van der Waals surface area contributed by atoms with Crippen molar-refractivity contribution in [3.05, 3.63) is 77.9 Å². The minimum Gasteiger partial charge on any atom is -0.492 e. The van der Waals surface area contributed by atoms with Gasteiger partial charge in [-0.2, -0.15) is 0 Å². The lowest BCUT2D eigenvalue weighted by Crippen LogP contribution is -2.26. The molecule has 3 aromatic carbocycles. The van der Waals surface area contributed by atoms with Gasteiger partial charge in [-0.3, -0.25) is 0 Å². The SMILES string of the molecule is CCCCCCCCCCCCCCCc1c(OCCCC)c(Sc2ccccc2)cc(C(C)(C)CC(C)(C)C)c1Sc1ccccc1. The van der Waals surface area contributed by atoms with Crippen molar-refractivity contribution in [2.45, 2.75) is 183 Å². The molecule has 3 aromatic rings. The zero-order valence-corrected chi connectivity index (χ0v) is 33.4. The average molecular weight is 689 g/mol. The smallest absolute Gasteiger partial charge is 0.137 e. The van der Waals surface area contributed by atoms with Gasteiger partial charge in [-0.1, -0.05) is 192 Å². The molecule has 3 heteroatoms. The second-order valence-electron chi connectivity index (χ2n) is 15.7. The summed E-state index contributed by atoms with van der Waals surface area (Å²) in [7, 11) is 0. The van der Waals surface area contributed by atoms with Gasteiger partial charge in [0.15, 0.2) is 0 Å². The monoisotopic (exact) mass is 688 g/mol. The Bertz CT molecular complexity index is 1280. The van der Waals surface area contributed by atoms with Gasteiger partial charge < -0.3 is 4.74 Å². The number of unbranched alkanes of at least 4 members (excludes halogenated alkanes) is 13. The lowest BCUT2D eigenvalue weighted by atomic mass is 9.72. The Morgan fingerprint density at radius 2 is 1.04 bits per heavy atom. The van der Waals surface area contributed by atoms with E-state index in [9.17, 15) is 0 Å². The van der Waals surface area contributed by atoms with E-state index in [-0.39, 0.29) is 10.8 Å². The molecule has 0 unspecified atom stereocenters. The minimum absolute atomic E-state index is 0.00800. The highest BCUT2D eigenvalue weighted by Crippen LogP contribution is 2.50. The maximum atomic E-state index is 6.86. The Labute approximate surface area is 305 Å². The molecule has 0 spiro atoms. The Hall–Kier alpha value is -1.84. The molecular weight excluding hydrogens is 621 g/mol. The second-order valence-corrected chi connectivity index (χ2v) is 17.9. The molecule has 0 aliphatic carbocycles. The molecule has 0 radical (unpaired) electrons. The van der Waals surface area contributed by atoms with Gasteiger partial charge in [0.25, 0.3) is 0 Å². The van der Waals surface area contributed by atoms with Crippen molar-refractivity contribution in [3.63, 3.8) is 0 Å². The predicted molar refractivity (Wildman–Crippen MR) is 214 cm³/mol. The molecule has 0 aromatic heterocycles. The van der Waals surface area contributed by atoms with E-state index >= 15 is 0 Å². The lowest BCUT2D eigenvalue weighted by Gasteiger charge is -2.36. The van der Waals surface area contributed by atoms with Gasteiger partial charge >= 0.3 is 0 Å². The average Bonchev–Trinajstić information content (AvgIpc) is 3.05. The van der Waals surface area contributed by atoms with E-state index in [4.69, 9.17) is 4.74 Å². The fourth-order valence-electron chi connectivity index (χ4n) is 7.04. The minimum atomic E-state index is 0.00800. The molecule has 0 N–H and O–H groups in total. The molecule has 48 heavy (non-hydrogen) atoms. The molecule has 0 amide bonds. The van der Waals surface area contributed by atoms with Crippen LogP contribution in [-0.2, 0) is 11.8 Å². The highest BCUT2D eigenvalue weighted by Gasteiger charge is 2.33. The molecule has 0 aliphatic rings. The summed E-state index contributed by atoms with van der Waals surface area (Å²) in [5.74, 6) is 1.13. The van der Waals surface area contributed by atoms with Crippen LogP contribution in [0.15, 0.2) is 86.3 Å². The quantitative estimate of drug-likeness (QED) is 0.0867. The number of ether oxygens (including phenoxy) is 1. The van der Waals surface area contributed by atoms with E-state index in [0.29, 0.717) is 0 Å². The number of hydrogen-bond donors (Lipinski definition) is 0. The predicted octanol–water partition coefficient (Wildman–Crippen LogP) is 15.5. The van der Waals surface area contributed by atoms with Gasteiger partial charge in [-0.15, -0.1) is 0 Å². The summed E-state index contributed by atoms with van der Waals surface area (Å²) < 4.78 is 6.86. The first-order valence-corrected chi connectivity index (χ1v) is 21.1. The highest BCUT2D eigenvalue weighted by atomic mass is 32.2. The van der Waals surface area contributed by atoms with Gasteiger partial charge in [0.05, 0.1) is 11.5 Å². The normalized spacial score (nSPS) is 12.1. The number of rotatable bonds is 24. The first-order chi connectivity index (χ1) is 23.1. The molecule has 0 aliphatic heterocycles. The van der Waals surface area contributed by atoms with Crippen LogP contribution in [0, 0.1) is 5.41 Å². The van der Waals surface area contributed by atoms with Crippen molar-refractivity contribution < 1.29 is 4.74 Å². The summed E-state index contributed by atoms with van der Waals surface area (Å²) in [6.45, 7) is 17.4. The molecule has 1 nitrogen and oxygen atoms in total. The Morgan fingerprint density at radius 3 is 1.54 bits per heavy atom. The van der Waals surface area contributed by atoms with Crippen LogP contribution >= 0.6 is 23.5 Å². The Morgan fingerprint density at radius 1 is 0.562 bits per heavy atom. The summed E-state index contributed by atoms with van der Waals surface area (Å²) in [5.41, 5.74) is 3.13. The van der Waals surface area contributed by atoms with Crippen LogP contribution in [0.5, 0.6) is 5.75 Å². The van der Waals surface area contributed by atoms with Crippen molar-refractivity contribution in [2.75, 3.05) is 6.61 Å². The summed E-state index contributed by atoms with van der Waals surface area (Å²) in [6, 6.07) is 24.4. The molecule has 0 saturated carbocycles. The summed E-state index contributed by atoms with van der Waals surface area (Å²) >= 11 is 3.84. The maximum Gasteiger partial charge on any atom is 0.137 e. The van der Waals surface area contributed by atoms with Gasteiger partial charge in [0, 0.05) is 20.2 Å². The summed E-state index contributed by atoms with van der Waals surface area (Å²) in [5, 5.41) is 0. The first-order valence-electron chi connectivity index (χ1n) is 19.4. The third-order valence-corrected chi connectivity index (χ3v) is 11.4. The van der Waals surface area contributed by atoms with Crippen LogP contribution in [0.1, 0.15) is 162 Å². The van der Waals surface area contributed by atoms with Gasteiger partial charge in [0.2, 0.25) is 0 Å². The van der Waals surface area contributed by atoms with E-state index in [1.165, 1.54) is 114 Å². The fraction of sp³-hybridized carbons (Fsp3) is 0.600. The van der Waals surface area contributed by atoms with Crippen LogP contribution in [0.25, 0.3) is 0 Å². The van der Waals surface area contributed by atoms with Crippen LogP contribution in [0.4, 0.5) is 0 Å². The number of benzene rings is 3. The van der Waals surface area contributed by atoms with Crippen molar-refractivity contribution in [3.8, 4) is 5.75 Å². The van der Waals surface area contributed by atoms with E-state index in [2.05, 4.69) is 115 Å². The van der Waals surface area contributed by atoms with Crippen LogP contribution < -0.4 is 4.74 Å². The van der Waals surface area contributed by atoms with Gasteiger partial charge in [-0.25, -0.2) is 0 Å². The molecule has 0 bridgehead atoms. The molecule has 0 heterocycles. The largest absolute Gasteiger partial charge is 0.492 e. The molecular formula is C45H68OS2. The summed E-state index contributed by atoms with van der Waals surface area (Å²) in [6.07, 6.45) is 22.3. The van der Waals surface area contributed by atoms with Crippen LogP contribution in [-0.4, -0.2) is 6.61 Å². The van der Waals surface area contributed by atoms with E-state index < -0.39 is 0 Å². The van der Waals surface area contributed by atoms with Crippen LogP contribution in [0.2, 0.25) is 0 Å². The zero-order valence-electron chi connectivity index (χ0n) is 31.8. The summed E-state index contributed by atoms with van der Waals surface area (Å²) in [4.78, 5) is 5.28.